The van der Waals surface area contributed by atoms with Gasteiger partial charge < -0.3 is 10.0 Å². The summed E-state index contributed by atoms with van der Waals surface area (Å²) in [6.07, 6.45) is 2.17. The fraction of sp³-hybridized carbons (Fsp3) is 0.462. The molecule has 1 unspecified atom stereocenters. The predicted molar refractivity (Wildman–Crippen MR) is 75.8 cm³/mol. The summed E-state index contributed by atoms with van der Waals surface area (Å²) in [5, 5.41) is 16.0. The molecule has 0 aromatic heterocycles. The number of hydrogen-bond donors (Lipinski definition) is 2. The van der Waals surface area contributed by atoms with Crippen LogP contribution in [0, 0.1) is 0 Å². The Balaban J connectivity index is 2.09. The minimum Gasteiger partial charge on any atom is -0.367 e. The van der Waals surface area contributed by atoms with Gasteiger partial charge >= 0.3 is 0 Å². The minimum absolute atomic E-state index is 0.00727. The molecular formula is C13H15ClN2O4S. The van der Waals surface area contributed by atoms with E-state index in [1.165, 1.54) is 23.1 Å². The van der Waals surface area contributed by atoms with Gasteiger partial charge in [0.05, 0.1) is 5.02 Å². The quantitative estimate of drug-likeness (QED) is 0.860. The number of likely N-dealkylation sites (tertiary alicyclic amines) is 1. The van der Waals surface area contributed by atoms with Crippen LogP contribution in [0.2, 0.25) is 5.02 Å². The Morgan fingerprint density at radius 2 is 2.05 bits per heavy atom. The standard InChI is InChI=1S/C13H15ClN2O4S/c14-10-4-1-8(7-11(10)21(15,19)20)13(18)6-5-12(17)16(13)9-2-3-9/h1,4,7,9,18H,2-3,5-6H2,(H2,15,19,20). The summed E-state index contributed by atoms with van der Waals surface area (Å²) < 4.78 is 23.1. The van der Waals surface area contributed by atoms with Gasteiger partial charge in [-0.25, -0.2) is 13.6 Å². The zero-order valence-corrected chi connectivity index (χ0v) is 12.7. The van der Waals surface area contributed by atoms with Crippen LogP contribution in [-0.4, -0.2) is 30.4 Å². The zero-order valence-electron chi connectivity index (χ0n) is 11.1. The van der Waals surface area contributed by atoms with Crippen LogP contribution in [0.1, 0.15) is 31.2 Å². The van der Waals surface area contributed by atoms with Gasteiger partial charge in [-0.2, -0.15) is 0 Å². The number of benzene rings is 1. The second kappa shape index (κ2) is 4.67. The van der Waals surface area contributed by atoms with E-state index in [0.29, 0.717) is 5.56 Å². The average molecular weight is 331 g/mol. The van der Waals surface area contributed by atoms with Crippen molar-refractivity contribution in [2.45, 2.75) is 42.3 Å². The van der Waals surface area contributed by atoms with Crippen LogP contribution in [0.15, 0.2) is 23.1 Å². The molecule has 0 bridgehead atoms. The van der Waals surface area contributed by atoms with Crippen molar-refractivity contribution in [1.29, 1.82) is 0 Å². The van der Waals surface area contributed by atoms with Gasteiger partial charge in [-0.3, -0.25) is 4.79 Å². The molecule has 1 aliphatic carbocycles. The Kier molecular flexibility index (Phi) is 3.29. The molecule has 2 aliphatic rings. The topological polar surface area (TPSA) is 101 Å². The van der Waals surface area contributed by atoms with E-state index in [4.69, 9.17) is 16.7 Å². The molecule has 1 aromatic rings. The monoisotopic (exact) mass is 330 g/mol. The van der Waals surface area contributed by atoms with Crippen molar-refractivity contribution in [3.63, 3.8) is 0 Å². The second-order valence-electron chi connectivity index (χ2n) is 5.50. The molecule has 1 aliphatic heterocycles. The molecule has 1 atom stereocenters. The lowest BCUT2D eigenvalue weighted by molar-refractivity contribution is -0.148. The molecule has 1 saturated heterocycles. The average Bonchev–Trinajstić information content (AvgIpc) is 3.15. The number of rotatable bonds is 3. The van der Waals surface area contributed by atoms with E-state index in [9.17, 15) is 18.3 Å². The Bertz CT molecular complexity index is 717. The summed E-state index contributed by atoms with van der Waals surface area (Å²) >= 11 is 5.85. The van der Waals surface area contributed by atoms with Crippen LogP contribution in [-0.2, 0) is 20.5 Å². The number of hydrogen-bond acceptors (Lipinski definition) is 4. The van der Waals surface area contributed by atoms with E-state index in [1.807, 2.05) is 0 Å². The van der Waals surface area contributed by atoms with Crippen molar-refractivity contribution in [2.75, 3.05) is 0 Å². The van der Waals surface area contributed by atoms with E-state index in [2.05, 4.69) is 0 Å². The third-order valence-corrected chi connectivity index (χ3v) is 5.36. The fourth-order valence-electron chi connectivity index (χ4n) is 2.82. The van der Waals surface area contributed by atoms with Gasteiger partial charge in [-0.1, -0.05) is 17.7 Å². The summed E-state index contributed by atoms with van der Waals surface area (Å²) in [4.78, 5) is 13.2. The highest BCUT2D eigenvalue weighted by molar-refractivity contribution is 7.89. The molecule has 8 heteroatoms. The summed E-state index contributed by atoms with van der Waals surface area (Å²) in [5.41, 5.74) is -1.16. The number of nitrogens with zero attached hydrogens (tertiary/aromatic N) is 1. The fourth-order valence-corrected chi connectivity index (χ4v) is 3.89. The lowest BCUT2D eigenvalue weighted by atomic mass is 10.00. The van der Waals surface area contributed by atoms with Crippen LogP contribution in [0.25, 0.3) is 0 Å². The SMILES string of the molecule is NS(=O)(=O)c1cc(C2(O)CCC(=O)N2C2CC2)ccc1Cl. The molecule has 0 radical (unpaired) electrons. The molecule has 2 fully saturated rings. The Hall–Kier alpha value is -1.15. The molecule has 1 heterocycles. The molecule has 1 saturated carbocycles. The number of sulfonamides is 1. The maximum absolute atomic E-state index is 12.0. The summed E-state index contributed by atoms with van der Waals surface area (Å²) in [6.45, 7) is 0. The maximum atomic E-state index is 12.0. The van der Waals surface area contributed by atoms with E-state index < -0.39 is 15.7 Å². The van der Waals surface area contributed by atoms with Crippen molar-refractivity contribution in [2.24, 2.45) is 5.14 Å². The summed E-state index contributed by atoms with van der Waals surface area (Å²) in [5.74, 6) is -0.118. The van der Waals surface area contributed by atoms with Crippen molar-refractivity contribution in [1.82, 2.24) is 4.90 Å². The van der Waals surface area contributed by atoms with Crippen molar-refractivity contribution < 1.29 is 18.3 Å². The first-order valence-corrected chi connectivity index (χ1v) is 8.53. The smallest absolute Gasteiger partial charge is 0.239 e. The zero-order chi connectivity index (χ0) is 15.4. The molecule has 1 aromatic carbocycles. The molecule has 6 nitrogen and oxygen atoms in total. The maximum Gasteiger partial charge on any atom is 0.239 e. The van der Waals surface area contributed by atoms with E-state index >= 15 is 0 Å². The predicted octanol–water partition coefficient (Wildman–Crippen LogP) is 0.917. The molecule has 21 heavy (non-hydrogen) atoms. The van der Waals surface area contributed by atoms with E-state index in [1.54, 1.807) is 0 Å². The van der Waals surface area contributed by atoms with Gasteiger partial charge in [-0.05, 0) is 25.0 Å². The van der Waals surface area contributed by atoms with Crippen molar-refractivity contribution in [3.8, 4) is 0 Å². The van der Waals surface area contributed by atoms with E-state index in [0.717, 1.165) is 12.8 Å². The Morgan fingerprint density at radius 3 is 2.62 bits per heavy atom. The largest absolute Gasteiger partial charge is 0.367 e. The first-order chi connectivity index (χ1) is 9.73. The summed E-state index contributed by atoms with van der Waals surface area (Å²) in [6, 6.07) is 4.19. The number of carbonyl (C=O) groups excluding carboxylic acids is 1. The van der Waals surface area contributed by atoms with Crippen LogP contribution < -0.4 is 5.14 Å². The number of amides is 1. The number of aliphatic hydroxyl groups is 1. The third kappa shape index (κ3) is 2.44. The van der Waals surface area contributed by atoms with Gasteiger partial charge in [0.1, 0.15) is 4.90 Å². The number of nitrogens with two attached hydrogens (primary N) is 1. The van der Waals surface area contributed by atoms with Gasteiger partial charge in [0.25, 0.3) is 0 Å². The highest BCUT2D eigenvalue weighted by Crippen LogP contribution is 2.45. The van der Waals surface area contributed by atoms with Crippen LogP contribution in [0.5, 0.6) is 0 Å². The molecule has 114 valence electrons. The molecule has 3 N–H and O–H groups in total. The van der Waals surface area contributed by atoms with Crippen LogP contribution in [0.3, 0.4) is 0 Å². The Morgan fingerprint density at radius 1 is 1.38 bits per heavy atom. The van der Waals surface area contributed by atoms with Crippen LogP contribution >= 0.6 is 11.6 Å². The number of carbonyl (C=O) groups is 1. The van der Waals surface area contributed by atoms with Crippen molar-refractivity contribution >= 4 is 27.5 Å². The summed E-state index contributed by atoms with van der Waals surface area (Å²) in [7, 11) is -3.99. The second-order valence-corrected chi connectivity index (χ2v) is 7.44. The lowest BCUT2D eigenvalue weighted by Gasteiger charge is -2.34. The normalized spacial score (nSPS) is 26.4. The molecule has 0 spiro atoms. The van der Waals surface area contributed by atoms with Gasteiger partial charge in [-0.15, -0.1) is 0 Å². The Labute approximate surface area is 127 Å². The molecule has 3 rings (SSSR count). The van der Waals surface area contributed by atoms with Gasteiger partial charge in [0, 0.05) is 24.4 Å². The van der Waals surface area contributed by atoms with Crippen molar-refractivity contribution in [3.05, 3.63) is 28.8 Å². The molecule has 1 amide bonds. The third-order valence-electron chi connectivity index (χ3n) is 3.97. The minimum atomic E-state index is -3.99. The highest BCUT2D eigenvalue weighted by Gasteiger charge is 2.51. The first kappa shape index (κ1) is 14.8. The number of primary sulfonamides is 1. The van der Waals surface area contributed by atoms with Gasteiger partial charge in [0.15, 0.2) is 5.72 Å². The van der Waals surface area contributed by atoms with Gasteiger partial charge in [0.2, 0.25) is 15.9 Å². The van der Waals surface area contributed by atoms with Crippen LogP contribution in [0.4, 0.5) is 0 Å². The first-order valence-electron chi connectivity index (χ1n) is 6.61. The highest BCUT2D eigenvalue weighted by atomic mass is 35.5. The lowest BCUT2D eigenvalue weighted by Crippen LogP contribution is -2.44. The number of halogens is 1. The molecular weight excluding hydrogens is 316 g/mol. The van der Waals surface area contributed by atoms with E-state index in [-0.39, 0.29) is 34.7 Å².